The Morgan fingerprint density at radius 2 is 1.84 bits per heavy atom. The van der Waals surface area contributed by atoms with Crippen LogP contribution >= 0.6 is 0 Å². The monoisotopic (exact) mass is 544 g/mol. The third-order valence-electron chi connectivity index (χ3n) is 6.66. The maximum absolute atomic E-state index is 13.0. The van der Waals surface area contributed by atoms with E-state index < -0.39 is 22.2 Å². The number of ether oxygens (including phenoxy) is 2. The fourth-order valence-electron chi connectivity index (χ4n) is 4.60. The highest BCUT2D eigenvalue weighted by atomic mass is 32.2. The summed E-state index contributed by atoms with van der Waals surface area (Å²) < 4.78 is 71.4. The first kappa shape index (κ1) is 29.0. The molecule has 4 rings (SSSR count). The van der Waals surface area contributed by atoms with E-state index in [0.29, 0.717) is 37.1 Å². The number of benzene rings is 1. The van der Waals surface area contributed by atoms with E-state index in [9.17, 15) is 21.6 Å². The van der Waals surface area contributed by atoms with Crippen LogP contribution in [0, 0.1) is 12.8 Å². The van der Waals surface area contributed by atoms with Crippen LogP contribution in [0.4, 0.5) is 13.2 Å². The second-order valence-electron chi connectivity index (χ2n) is 9.08. The number of halogens is 3. The number of pyridine rings is 1. The van der Waals surface area contributed by atoms with Gasteiger partial charge in [0.15, 0.2) is 0 Å². The molecule has 37 heavy (non-hydrogen) atoms. The minimum atomic E-state index is -5.08. The number of carboxylic acid groups (broad SMARTS) is 1. The van der Waals surface area contributed by atoms with E-state index >= 15 is 0 Å². The van der Waals surface area contributed by atoms with Crippen LogP contribution < -0.4 is 0 Å². The van der Waals surface area contributed by atoms with Gasteiger partial charge in [-0.15, -0.1) is 0 Å². The van der Waals surface area contributed by atoms with Crippen LogP contribution in [0.25, 0.3) is 0 Å². The van der Waals surface area contributed by atoms with Crippen molar-refractivity contribution in [3.8, 4) is 0 Å². The van der Waals surface area contributed by atoms with E-state index in [-0.39, 0.29) is 5.60 Å². The number of aromatic nitrogens is 1. The maximum atomic E-state index is 13.0. The Labute approximate surface area is 214 Å². The number of hydrogen-bond acceptors (Lipinski definition) is 6. The first-order valence-electron chi connectivity index (χ1n) is 11.9. The minimum absolute atomic E-state index is 0.215. The molecule has 1 aromatic carbocycles. The fourth-order valence-corrected chi connectivity index (χ4v) is 6.04. The molecule has 2 saturated heterocycles. The molecule has 3 heterocycles. The summed E-state index contributed by atoms with van der Waals surface area (Å²) in [5, 5.41) is 7.12. The normalized spacial score (nSPS) is 19.8. The average molecular weight is 545 g/mol. The number of carbonyl (C=O) groups is 1. The van der Waals surface area contributed by atoms with Gasteiger partial charge in [0.1, 0.15) is 0 Å². The number of alkyl halides is 3. The average Bonchev–Trinajstić information content (AvgIpc) is 3.24. The third-order valence-corrected chi connectivity index (χ3v) is 8.57. The standard InChI is InChI=1S/C23H30N2O4S.C2HF3O2/c1-19-5-7-22(8-6-19)30(26,27)25-14-11-23(12-15-25)20(10-17-29-23)9-16-28-18-21-4-2-3-13-24-21;3-2(4,5)1(6)7/h2-8,13,20H,9-12,14-18H2,1H3;(H,6,7). The molecule has 0 saturated carbocycles. The number of rotatable bonds is 7. The van der Waals surface area contributed by atoms with E-state index in [2.05, 4.69) is 4.98 Å². The van der Waals surface area contributed by atoms with Gasteiger partial charge in [-0.25, -0.2) is 13.2 Å². The van der Waals surface area contributed by atoms with E-state index in [0.717, 1.165) is 43.5 Å². The molecule has 1 unspecified atom stereocenters. The smallest absolute Gasteiger partial charge is 0.475 e. The highest BCUT2D eigenvalue weighted by Gasteiger charge is 2.47. The quantitative estimate of drug-likeness (QED) is 0.521. The van der Waals surface area contributed by atoms with Crippen LogP contribution in [0.5, 0.6) is 0 Å². The van der Waals surface area contributed by atoms with Crippen molar-refractivity contribution in [3.63, 3.8) is 0 Å². The van der Waals surface area contributed by atoms with Crippen molar-refractivity contribution >= 4 is 16.0 Å². The Bertz CT molecular complexity index is 1120. The molecule has 0 amide bonds. The number of piperidine rings is 1. The summed E-state index contributed by atoms with van der Waals surface area (Å²) in [6.07, 6.45) is 0.109. The summed E-state index contributed by atoms with van der Waals surface area (Å²) in [6.45, 7) is 4.89. The Kier molecular flexibility index (Phi) is 9.68. The molecule has 12 heteroatoms. The fraction of sp³-hybridized carbons (Fsp3) is 0.520. The van der Waals surface area contributed by atoms with Crippen molar-refractivity contribution in [3.05, 3.63) is 59.9 Å². The lowest BCUT2D eigenvalue weighted by atomic mass is 9.78. The van der Waals surface area contributed by atoms with E-state index in [1.807, 2.05) is 37.3 Å². The van der Waals surface area contributed by atoms with Gasteiger partial charge < -0.3 is 14.6 Å². The lowest BCUT2D eigenvalue weighted by Gasteiger charge is -2.41. The molecule has 0 bridgehead atoms. The van der Waals surface area contributed by atoms with Gasteiger partial charge in [-0.3, -0.25) is 4.98 Å². The summed E-state index contributed by atoms with van der Waals surface area (Å²) in [4.78, 5) is 13.5. The lowest BCUT2D eigenvalue weighted by molar-refractivity contribution is -0.192. The molecular formula is C25H31F3N2O6S. The summed E-state index contributed by atoms with van der Waals surface area (Å²) >= 11 is 0. The van der Waals surface area contributed by atoms with E-state index in [1.165, 1.54) is 0 Å². The number of sulfonamides is 1. The lowest BCUT2D eigenvalue weighted by Crippen LogP contribution is -2.49. The van der Waals surface area contributed by atoms with Gasteiger partial charge >= 0.3 is 12.1 Å². The maximum Gasteiger partial charge on any atom is 0.490 e. The predicted molar refractivity (Wildman–Crippen MR) is 128 cm³/mol. The molecule has 1 aromatic heterocycles. The largest absolute Gasteiger partial charge is 0.490 e. The van der Waals surface area contributed by atoms with Crippen LogP contribution in [0.1, 0.15) is 36.9 Å². The summed E-state index contributed by atoms with van der Waals surface area (Å²) in [5.74, 6) is -2.35. The van der Waals surface area contributed by atoms with Gasteiger partial charge in [-0.05, 0) is 62.8 Å². The topological polar surface area (TPSA) is 106 Å². The first-order chi connectivity index (χ1) is 17.4. The Balaban J connectivity index is 0.000000479. The third kappa shape index (κ3) is 7.73. The molecule has 2 fully saturated rings. The number of aliphatic carboxylic acids is 1. The first-order valence-corrected chi connectivity index (χ1v) is 13.4. The molecule has 1 spiro atoms. The van der Waals surface area contributed by atoms with Crippen molar-refractivity contribution in [2.75, 3.05) is 26.3 Å². The van der Waals surface area contributed by atoms with Crippen LogP contribution in [-0.2, 0) is 30.9 Å². The van der Waals surface area contributed by atoms with Crippen molar-refractivity contribution in [1.82, 2.24) is 9.29 Å². The van der Waals surface area contributed by atoms with Gasteiger partial charge in [0.05, 0.1) is 22.8 Å². The molecule has 1 atom stereocenters. The molecule has 0 radical (unpaired) electrons. The molecular weight excluding hydrogens is 513 g/mol. The van der Waals surface area contributed by atoms with Gasteiger partial charge in [-0.1, -0.05) is 23.8 Å². The zero-order valence-corrected chi connectivity index (χ0v) is 21.3. The molecule has 2 aliphatic heterocycles. The zero-order valence-electron chi connectivity index (χ0n) is 20.5. The van der Waals surface area contributed by atoms with Crippen molar-refractivity contribution in [2.24, 2.45) is 5.92 Å². The van der Waals surface area contributed by atoms with Crippen LogP contribution in [0.15, 0.2) is 53.6 Å². The minimum Gasteiger partial charge on any atom is -0.475 e. The molecule has 204 valence electrons. The van der Waals surface area contributed by atoms with Crippen molar-refractivity contribution in [2.45, 2.75) is 55.9 Å². The number of aryl methyl sites for hydroxylation is 1. The number of hydrogen-bond donors (Lipinski definition) is 1. The second kappa shape index (κ2) is 12.3. The Hall–Kier alpha value is -2.54. The van der Waals surface area contributed by atoms with Gasteiger partial charge in [0.2, 0.25) is 10.0 Å². The van der Waals surface area contributed by atoms with Gasteiger partial charge in [0, 0.05) is 32.5 Å². The van der Waals surface area contributed by atoms with Crippen LogP contribution in [0.2, 0.25) is 0 Å². The Morgan fingerprint density at radius 1 is 1.19 bits per heavy atom. The van der Waals surface area contributed by atoms with E-state index in [4.69, 9.17) is 19.4 Å². The van der Waals surface area contributed by atoms with Crippen LogP contribution in [-0.4, -0.2) is 66.9 Å². The molecule has 1 N–H and O–H groups in total. The summed E-state index contributed by atoms with van der Waals surface area (Å²) in [6, 6.07) is 12.9. The Morgan fingerprint density at radius 3 is 2.41 bits per heavy atom. The van der Waals surface area contributed by atoms with Crippen molar-refractivity contribution < 1.29 is 41.0 Å². The highest BCUT2D eigenvalue weighted by molar-refractivity contribution is 7.89. The number of carboxylic acids is 1. The molecule has 2 aromatic rings. The van der Waals surface area contributed by atoms with Crippen LogP contribution in [0.3, 0.4) is 0 Å². The SMILES string of the molecule is Cc1ccc(S(=O)(=O)N2CCC3(CC2)OCCC3CCOCc2ccccn2)cc1.O=C(O)C(F)(F)F. The van der Waals surface area contributed by atoms with Crippen molar-refractivity contribution in [1.29, 1.82) is 0 Å². The summed E-state index contributed by atoms with van der Waals surface area (Å²) in [5.41, 5.74) is 1.77. The van der Waals surface area contributed by atoms with Gasteiger partial charge in [-0.2, -0.15) is 17.5 Å². The molecule has 8 nitrogen and oxygen atoms in total. The highest BCUT2D eigenvalue weighted by Crippen LogP contribution is 2.43. The predicted octanol–water partition coefficient (Wildman–Crippen LogP) is 4.19. The number of nitrogens with zero attached hydrogens (tertiary/aromatic N) is 2. The second-order valence-corrected chi connectivity index (χ2v) is 11.0. The van der Waals surface area contributed by atoms with Gasteiger partial charge in [0.25, 0.3) is 0 Å². The van der Waals surface area contributed by atoms with E-state index in [1.54, 1.807) is 22.6 Å². The molecule has 0 aliphatic carbocycles. The summed E-state index contributed by atoms with van der Waals surface area (Å²) in [7, 11) is -3.45. The zero-order chi connectivity index (χ0) is 27.1. The molecule has 2 aliphatic rings.